The lowest BCUT2D eigenvalue weighted by molar-refractivity contribution is -0.162. The van der Waals surface area contributed by atoms with E-state index in [1.54, 1.807) is 6.07 Å². The van der Waals surface area contributed by atoms with Crippen molar-refractivity contribution in [1.29, 1.82) is 0 Å². The van der Waals surface area contributed by atoms with Gasteiger partial charge in [0.2, 0.25) is 0 Å². The second-order valence-electron chi connectivity index (χ2n) is 18.0. The first kappa shape index (κ1) is 43.5. The molecule has 0 heterocycles. The second-order valence-corrected chi connectivity index (χ2v) is 18.0. The van der Waals surface area contributed by atoms with Crippen LogP contribution in [0, 0.1) is 24.7 Å². The molecule has 0 unspecified atom stereocenters. The van der Waals surface area contributed by atoms with Gasteiger partial charge < -0.3 is 30.7 Å². The number of anilines is 2. The van der Waals surface area contributed by atoms with Crippen LogP contribution in [0.5, 0.6) is 0 Å². The number of nitrogens with one attached hydrogen (secondary N) is 4. The zero-order valence-electron chi connectivity index (χ0n) is 34.4. The van der Waals surface area contributed by atoms with Gasteiger partial charge in [-0.2, -0.15) is 0 Å². The van der Waals surface area contributed by atoms with Crippen LogP contribution in [-0.4, -0.2) is 47.3 Å². The summed E-state index contributed by atoms with van der Waals surface area (Å²) in [6, 6.07) is 19.2. The molecule has 4 amide bonds. The molecule has 3 rings (SSSR count). The first-order chi connectivity index (χ1) is 24.9. The Labute approximate surface area is 322 Å². The maximum absolute atomic E-state index is 13.6. The average molecular weight is 743 g/mol. The monoisotopic (exact) mass is 742 g/mol. The van der Waals surface area contributed by atoms with Crippen molar-refractivity contribution in [2.24, 2.45) is 10.8 Å². The van der Waals surface area contributed by atoms with E-state index in [0.717, 1.165) is 22.3 Å². The Morgan fingerprint density at radius 1 is 0.537 bits per heavy atom. The molecule has 0 bridgehead atoms. The topological polar surface area (TPSA) is 135 Å². The standard InChI is InChI=1S/C44H62N4O6/c1-29-23-30(2)34(46-40(52)48-36(25-32-21-17-14-18-22-32)38(50)54-44(11,12)28-42(6,7)8)26-33(29)45-39(51)47-35(24-31-19-15-13-16-20-31)37(49)53-43(9,10)27-41(3,4)5/h13-23,26,35-36H,24-25,27-28H2,1-12H3,(H2,45,47,51)(H2,46,48,52)/t35-,36-/m0/s1. The molecule has 0 saturated heterocycles. The average Bonchev–Trinajstić information content (AvgIpc) is 3.01. The number of esters is 2. The quantitative estimate of drug-likeness (QED) is 0.122. The third-order valence-corrected chi connectivity index (χ3v) is 8.48. The summed E-state index contributed by atoms with van der Waals surface area (Å²) < 4.78 is 11.9. The molecule has 3 aromatic carbocycles. The highest BCUT2D eigenvalue weighted by molar-refractivity contribution is 5.97. The Bertz CT molecular complexity index is 1620. The van der Waals surface area contributed by atoms with Gasteiger partial charge in [-0.15, -0.1) is 0 Å². The lowest BCUT2D eigenvalue weighted by Gasteiger charge is -2.33. The fraction of sp³-hybridized carbons (Fsp3) is 0.500. The number of aryl methyl sites for hydroxylation is 2. The Morgan fingerprint density at radius 3 is 1.19 bits per heavy atom. The summed E-state index contributed by atoms with van der Waals surface area (Å²) in [6.45, 7) is 23.7. The Kier molecular flexibility index (Phi) is 14.5. The largest absolute Gasteiger partial charge is 0.458 e. The molecular formula is C44H62N4O6. The molecule has 3 aromatic rings. The Morgan fingerprint density at radius 2 is 0.870 bits per heavy atom. The lowest BCUT2D eigenvalue weighted by Crippen LogP contribution is -2.48. The molecule has 54 heavy (non-hydrogen) atoms. The van der Waals surface area contributed by atoms with E-state index in [1.807, 2.05) is 108 Å². The number of rotatable bonds is 14. The van der Waals surface area contributed by atoms with E-state index >= 15 is 0 Å². The van der Waals surface area contributed by atoms with Gasteiger partial charge in [-0.05, 0) is 93.5 Å². The van der Waals surface area contributed by atoms with Crippen LogP contribution < -0.4 is 21.3 Å². The van der Waals surface area contributed by atoms with Crippen molar-refractivity contribution >= 4 is 35.4 Å². The maximum Gasteiger partial charge on any atom is 0.329 e. The van der Waals surface area contributed by atoms with E-state index in [1.165, 1.54) is 0 Å². The molecule has 10 nitrogen and oxygen atoms in total. The first-order valence-electron chi connectivity index (χ1n) is 18.7. The zero-order chi connectivity index (χ0) is 40.5. The number of benzene rings is 3. The van der Waals surface area contributed by atoms with Gasteiger partial charge in [0.25, 0.3) is 0 Å². The third-order valence-electron chi connectivity index (χ3n) is 8.48. The summed E-state index contributed by atoms with van der Waals surface area (Å²) >= 11 is 0. The van der Waals surface area contributed by atoms with Gasteiger partial charge in [0.1, 0.15) is 23.3 Å². The summed E-state index contributed by atoms with van der Waals surface area (Å²) in [6.07, 6.45) is 1.73. The second kappa shape index (κ2) is 18.0. The van der Waals surface area contributed by atoms with Crippen molar-refractivity contribution < 1.29 is 28.7 Å². The molecule has 10 heteroatoms. The normalized spacial score (nSPS) is 13.3. The van der Waals surface area contributed by atoms with Crippen LogP contribution in [0.1, 0.15) is 104 Å². The molecule has 0 fully saturated rings. The minimum atomic E-state index is -0.963. The molecule has 0 aliphatic heterocycles. The summed E-state index contributed by atoms with van der Waals surface area (Å²) in [5, 5.41) is 11.4. The van der Waals surface area contributed by atoms with Crippen molar-refractivity contribution in [2.45, 2.75) is 132 Å². The number of amides is 4. The summed E-state index contributed by atoms with van der Waals surface area (Å²) in [7, 11) is 0. The number of urea groups is 2. The van der Waals surface area contributed by atoms with Crippen molar-refractivity contribution in [3.05, 3.63) is 95.1 Å². The van der Waals surface area contributed by atoms with Crippen LogP contribution in [0.3, 0.4) is 0 Å². The molecule has 0 radical (unpaired) electrons. The number of hydrogen-bond acceptors (Lipinski definition) is 6. The number of carbonyl (C=O) groups excluding carboxylic acids is 4. The van der Waals surface area contributed by atoms with Crippen LogP contribution in [0.4, 0.5) is 21.0 Å². The van der Waals surface area contributed by atoms with Gasteiger partial charge >= 0.3 is 24.0 Å². The van der Waals surface area contributed by atoms with Crippen molar-refractivity contribution in [3.63, 3.8) is 0 Å². The van der Waals surface area contributed by atoms with Crippen molar-refractivity contribution in [2.75, 3.05) is 10.6 Å². The predicted octanol–water partition coefficient (Wildman–Crippen LogP) is 9.29. The van der Waals surface area contributed by atoms with Crippen LogP contribution in [0.2, 0.25) is 0 Å². The number of hydrogen-bond donors (Lipinski definition) is 4. The molecule has 294 valence electrons. The van der Waals surface area contributed by atoms with Gasteiger partial charge in [0.15, 0.2) is 0 Å². The summed E-state index contributed by atoms with van der Waals surface area (Å²) in [5.41, 5.74) is 2.41. The van der Waals surface area contributed by atoms with Gasteiger partial charge in [0.05, 0.1) is 0 Å². The zero-order valence-corrected chi connectivity index (χ0v) is 34.4. The molecule has 0 aromatic heterocycles. The number of carbonyl (C=O) groups is 4. The van der Waals surface area contributed by atoms with Crippen LogP contribution >= 0.6 is 0 Å². The minimum absolute atomic E-state index is 0.0791. The highest BCUT2D eigenvalue weighted by Gasteiger charge is 2.34. The fourth-order valence-corrected chi connectivity index (χ4v) is 7.15. The summed E-state index contributed by atoms with van der Waals surface area (Å²) in [5.74, 6) is -1.07. The van der Waals surface area contributed by atoms with E-state index < -0.39 is 47.3 Å². The predicted molar refractivity (Wildman–Crippen MR) is 217 cm³/mol. The molecule has 0 aliphatic carbocycles. The van der Waals surface area contributed by atoms with Crippen molar-refractivity contribution in [1.82, 2.24) is 10.6 Å². The van der Waals surface area contributed by atoms with E-state index in [0.29, 0.717) is 24.2 Å². The lowest BCUT2D eigenvalue weighted by atomic mass is 9.83. The van der Waals surface area contributed by atoms with E-state index in [2.05, 4.69) is 62.8 Å². The molecule has 2 atom stereocenters. The van der Waals surface area contributed by atoms with Gasteiger partial charge in [0, 0.05) is 24.2 Å². The smallest absolute Gasteiger partial charge is 0.329 e. The van der Waals surface area contributed by atoms with Crippen LogP contribution in [0.25, 0.3) is 0 Å². The first-order valence-corrected chi connectivity index (χ1v) is 18.7. The van der Waals surface area contributed by atoms with Gasteiger partial charge in [-0.1, -0.05) is 108 Å². The maximum atomic E-state index is 13.6. The molecule has 0 spiro atoms. The van der Waals surface area contributed by atoms with E-state index in [4.69, 9.17) is 9.47 Å². The fourth-order valence-electron chi connectivity index (χ4n) is 7.15. The van der Waals surface area contributed by atoms with E-state index in [-0.39, 0.29) is 23.7 Å². The van der Waals surface area contributed by atoms with Crippen molar-refractivity contribution in [3.8, 4) is 0 Å². The van der Waals surface area contributed by atoms with Gasteiger partial charge in [-0.25, -0.2) is 19.2 Å². The summed E-state index contributed by atoms with van der Waals surface area (Å²) in [4.78, 5) is 54.1. The number of ether oxygens (including phenoxy) is 2. The highest BCUT2D eigenvalue weighted by Crippen LogP contribution is 2.31. The Hall–Kier alpha value is -4.86. The SMILES string of the molecule is Cc1cc(C)c(NC(=O)N[C@@H](Cc2ccccc2)C(=O)OC(C)(C)CC(C)(C)C)cc1NC(=O)N[C@@H](Cc1ccccc1)C(=O)OC(C)(C)CC(C)(C)C. The van der Waals surface area contributed by atoms with E-state index in [9.17, 15) is 19.2 Å². The molecule has 0 aliphatic rings. The van der Waals surface area contributed by atoms with Gasteiger partial charge in [-0.3, -0.25) is 0 Å². The molecule has 4 N–H and O–H groups in total. The van der Waals surface area contributed by atoms with Crippen LogP contribution in [-0.2, 0) is 31.9 Å². The molecule has 0 saturated carbocycles. The Balaban J connectivity index is 1.79. The minimum Gasteiger partial charge on any atom is -0.458 e. The third kappa shape index (κ3) is 15.2. The van der Waals surface area contributed by atoms with Crippen LogP contribution in [0.15, 0.2) is 72.8 Å². The highest BCUT2D eigenvalue weighted by atomic mass is 16.6. The molecular weight excluding hydrogens is 681 g/mol.